The van der Waals surface area contributed by atoms with Crippen LogP contribution in [0, 0.1) is 17.6 Å². The predicted molar refractivity (Wildman–Crippen MR) is 97.1 cm³/mol. The average molecular weight is 417 g/mol. The van der Waals surface area contributed by atoms with E-state index in [0.717, 1.165) is 16.4 Å². The Labute approximate surface area is 161 Å². The molecular formula is C17H21F2N3O5S. The van der Waals surface area contributed by atoms with E-state index >= 15 is 0 Å². The highest BCUT2D eigenvalue weighted by atomic mass is 32.2. The van der Waals surface area contributed by atoms with Crippen molar-refractivity contribution in [2.45, 2.75) is 6.04 Å². The molecule has 1 fully saturated rings. The second kappa shape index (κ2) is 9.22. The van der Waals surface area contributed by atoms with E-state index in [0.29, 0.717) is 0 Å². The quantitative estimate of drug-likeness (QED) is 0.742. The first kappa shape index (κ1) is 21.9. The number of carbonyl (C=O) groups is 1. The molecule has 2 aromatic rings. The fourth-order valence-corrected chi connectivity index (χ4v) is 4.12. The van der Waals surface area contributed by atoms with Crippen LogP contribution in [0.4, 0.5) is 8.78 Å². The molecule has 1 aliphatic heterocycles. The third kappa shape index (κ3) is 4.72. The third-order valence-corrected chi connectivity index (χ3v) is 6.32. The van der Waals surface area contributed by atoms with Crippen LogP contribution in [0.1, 0.15) is 6.04 Å². The highest BCUT2D eigenvalue weighted by Crippen LogP contribution is 2.33. The third-order valence-electron chi connectivity index (χ3n) is 4.36. The van der Waals surface area contributed by atoms with E-state index in [1.165, 1.54) is 26.4 Å². The van der Waals surface area contributed by atoms with E-state index in [9.17, 15) is 17.2 Å². The molecule has 1 N–H and O–H groups in total. The molecule has 2 heterocycles. The smallest absolute Gasteiger partial charge is 0.290 e. The Hall–Kier alpha value is -2.37. The SMILES string of the molecule is CN(C)S(=O)(=O)C[C@H]1COC[C@H]1n1ccnc1-c1c(F)cccc1F.O=CO. The van der Waals surface area contributed by atoms with Crippen LogP contribution in [-0.2, 0) is 19.6 Å². The van der Waals surface area contributed by atoms with Crippen LogP contribution in [-0.4, -0.2) is 66.9 Å². The number of carboxylic acid groups (broad SMARTS) is 1. The van der Waals surface area contributed by atoms with Crippen molar-refractivity contribution in [3.8, 4) is 11.4 Å². The number of hydrogen-bond donors (Lipinski definition) is 1. The van der Waals surface area contributed by atoms with Crippen molar-refractivity contribution < 1.29 is 31.8 Å². The molecule has 11 heteroatoms. The molecule has 8 nitrogen and oxygen atoms in total. The van der Waals surface area contributed by atoms with Gasteiger partial charge in [0.05, 0.1) is 30.6 Å². The predicted octanol–water partition coefficient (Wildman–Crippen LogP) is 1.61. The summed E-state index contributed by atoms with van der Waals surface area (Å²) in [4.78, 5) is 12.4. The summed E-state index contributed by atoms with van der Waals surface area (Å²) in [5.74, 6) is -1.76. The van der Waals surface area contributed by atoms with Crippen molar-refractivity contribution in [3.05, 3.63) is 42.2 Å². The van der Waals surface area contributed by atoms with Crippen molar-refractivity contribution in [2.24, 2.45) is 5.92 Å². The Kier molecular flexibility index (Phi) is 7.22. The van der Waals surface area contributed by atoms with Crippen LogP contribution in [0.3, 0.4) is 0 Å². The van der Waals surface area contributed by atoms with Crippen LogP contribution in [0.2, 0.25) is 0 Å². The largest absolute Gasteiger partial charge is 0.483 e. The van der Waals surface area contributed by atoms with Crippen LogP contribution in [0.15, 0.2) is 30.6 Å². The van der Waals surface area contributed by atoms with Gasteiger partial charge in [0.15, 0.2) is 0 Å². The van der Waals surface area contributed by atoms with Gasteiger partial charge in [-0.1, -0.05) is 6.07 Å². The number of hydrogen-bond acceptors (Lipinski definition) is 5. The summed E-state index contributed by atoms with van der Waals surface area (Å²) in [5.41, 5.74) is -0.228. The molecule has 28 heavy (non-hydrogen) atoms. The van der Waals surface area contributed by atoms with Crippen LogP contribution in [0.5, 0.6) is 0 Å². The summed E-state index contributed by atoms with van der Waals surface area (Å²) in [6.07, 6.45) is 3.03. The lowest BCUT2D eigenvalue weighted by Crippen LogP contribution is -2.32. The van der Waals surface area contributed by atoms with Gasteiger partial charge in [0, 0.05) is 32.4 Å². The molecule has 1 aliphatic rings. The van der Waals surface area contributed by atoms with E-state index in [4.69, 9.17) is 14.6 Å². The number of ether oxygens (including phenoxy) is 1. The molecule has 1 aromatic heterocycles. The zero-order valence-electron chi connectivity index (χ0n) is 15.3. The summed E-state index contributed by atoms with van der Waals surface area (Å²) in [6.45, 7) is 0.266. The Morgan fingerprint density at radius 2 is 1.93 bits per heavy atom. The summed E-state index contributed by atoms with van der Waals surface area (Å²) >= 11 is 0. The Balaban J connectivity index is 0.000000878. The van der Waals surface area contributed by atoms with Gasteiger partial charge >= 0.3 is 0 Å². The van der Waals surface area contributed by atoms with Crippen LogP contribution in [0.25, 0.3) is 11.4 Å². The molecule has 0 unspecified atom stereocenters. The van der Waals surface area contributed by atoms with Crippen LogP contribution >= 0.6 is 0 Å². The lowest BCUT2D eigenvalue weighted by Gasteiger charge is -2.22. The lowest BCUT2D eigenvalue weighted by atomic mass is 10.1. The first-order valence-electron chi connectivity index (χ1n) is 8.26. The molecule has 0 saturated carbocycles. The minimum Gasteiger partial charge on any atom is -0.483 e. The number of benzene rings is 1. The van der Waals surface area contributed by atoms with E-state index in [2.05, 4.69) is 4.98 Å². The standard InChI is InChI=1S/C16H19F2N3O3S.CH2O2/c1-20(2)25(22,23)10-11-8-24-9-14(11)21-7-6-19-16(21)15-12(17)4-3-5-13(15)18;2-1-3/h3-7,11,14H,8-10H2,1-2H3;1H,(H,2,3)/t11-,14-;/m1./s1. The monoisotopic (exact) mass is 417 g/mol. The topological polar surface area (TPSA) is 102 Å². The number of nitrogens with zero attached hydrogens (tertiary/aromatic N) is 3. The van der Waals surface area contributed by atoms with E-state index in [1.807, 2.05) is 0 Å². The summed E-state index contributed by atoms with van der Waals surface area (Å²) in [7, 11) is -0.488. The minimum absolute atomic E-state index is 0.109. The van der Waals surface area contributed by atoms with Crippen molar-refractivity contribution in [1.29, 1.82) is 0 Å². The van der Waals surface area contributed by atoms with Gasteiger partial charge in [0.2, 0.25) is 10.0 Å². The number of imidazole rings is 1. The molecule has 1 saturated heterocycles. The second-order valence-electron chi connectivity index (χ2n) is 6.29. The van der Waals surface area contributed by atoms with Gasteiger partial charge in [-0.2, -0.15) is 0 Å². The van der Waals surface area contributed by atoms with Crippen molar-refractivity contribution in [2.75, 3.05) is 33.1 Å². The normalized spacial score (nSPS) is 19.3. The van der Waals surface area contributed by atoms with Crippen molar-refractivity contribution >= 4 is 16.5 Å². The average Bonchev–Trinajstić information content (AvgIpc) is 3.24. The molecule has 0 spiro atoms. The highest BCUT2D eigenvalue weighted by Gasteiger charge is 2.35. The fraction of sp³-hybridized carbons (Fsp3) is 0.412. The summed E-state index contributed by atoms with van der Waals surface area (Å²) in [6, 6.07) is 3.24. The molecule has 2 atom stereocenters. The maximum absolute atomic E-state index is 14.1. The van der Waals surface area contributed by atoms with Gasteiger partial charge in [-0.05, 0) is 12.1 Å². The summed E-state index contributed by atoms with van der Waals surface area (Å²) < 4.78 is 60.8. The highest BCUT2D eigenvalue weighted by molar-refractivity contribution is 7.89. The van der Waals surface area contributed by atoms with Gasteiger partial charge in [-0.3, -0.25) is 4.79 Å². The molecule has 154 valence electrons. The molecule has 0 bridgehead atoms. The van der Waals surface area contributed by atoms with Crippen molar-refractivity contribution in [3.63, 3.8) is 0 Å². The minimum atomic E-state index is -3.43. The maximum Gasteiger partial charge on any atom is 0.290 e. The Morgan fingerprint density at radius 3 is 2.50 bits per heavy atom. The number of halogens is 2. The first-order chi connectivity index (χ1) is 13.2. The molecule has 0 radical (unpaired) electrons. The van der Waals surface area contributed by atoms with Gasteiger partial charge in [0.25, 0.3) is 6.47 Å². The van der Waals surface area contributed by atoms with Gasteiger partial charge in [-0.15, -0.1) is 0 Å². The van der Waals surface area contributed by atoms with Crippen molar-refractivity contribution in [1.82, 2.24) is 13.9 Å². The molecular weight excluding hydrogens is 396 g/mol. The molecule has 3 rings (SSSR count). The lowest BCUT2D eigenvalue weighted by molar-refractivity contribution is -0.122. The Morgan fingerprint density at radius 1 is 1.32 bits per heavy atom. The molecule has 0 aliphatic carbocycles. The first-order valence-corrected chi connectivity index (χ1v) is 9.86. The number of sulfonamides is 1. The second-order valence-corrected chi connectivity index (χ2v) is 8.51. The number of rotatable bonds is 5. The molecule has 1 aromatic carbocycles. The maximum atomic E-state index is 14.1. The zero-order chi connectivity index (χ0) is 20.9. The van der Waals surface area contributed by atoms with Gasteiger partial charge < -0.3 is 14.4 Å². The van der Waals surface area contributed by atoms with Gasteiger partial charge in [-0.25, -0.2) is 26.5 Å². The van der Waals surface area contributed by atoms with Gasteiger partial charge in [0.1, 0.15) is 17.5 Å². The zero-order valence-corrected chi connectivity index (χ0v) is 16.1. The molecule has 0 amide bonds. The van der Waals surface area contributed by atoms with E-state index < -0.39 is 21.7 Å². The Bertz CT molecular complexity index is 897. The van der Waals surface area contributed by atoms with E-state index in [1.54, 1.807) is 10.8 Å². The number of aromatic nitrogens is 2. The fourth-order valence-electron chi connectivity index (χ4n) is 2.96. The van der Waals surface area contributed by atoms with Crippen LogP contribution < -0.4 is 0 Å². The van der Waals surface area contributed by atoms with E-state index in [-0.39, 0.29) is 48.8 Å². The summed E-state index contributed by atoms with van der Waals surface area (Å²) in [5, 5.41) is 6.89.